The Hall–Kier alpha value is -1.90. The zero-order valence-electron chi connectivity index (χ0n) is 13.8. The van der Waals surface area contributed by atoms with Crippen molar-refractivity contribution in [3.63, 3.8) is 0 Å². The second kappa shape index (κ2) is 7.33. The molecular weight excluding hydrogens is 330 g/mol. The molecule has 0 saturated carbocycles. The summed E-state index contributed by atoms with van der Waals surface area (Å²) >= 11 is 5.28. The molecule has 1 unspecified atom stereocenters. The van der Waals surface area contributed by atoms with Crippen LogP contribution in [0.25, 0.3) is 11.5 Å². The number of likely N-dealkylation sites (tertiary alicyclic amines) is 1. The standard InChI is InChI=1S/C16H21N3O4S/c1-21-13-6-5-11(8-14(13)22-2)15-17-19(16(24)23-15)10-18-7-3-4-12(20)9-18/h5-6,8,12,20H,3-4,7,9-10H2,1-2H3/p+1/t12-/m1/s1. The maximum absolute atomic E-state index is 9.79. The zero-order valence-corrected chi connectivity index (χ0v) is 14.6. The van der Waals surface area contributed by atoms with Crippen LogP contribution in [0.15, 0.2) is 22.6 Å². The molecule has 1 aromatic carbocycles. The minimum Gasteiger partial charge on any atom is -0.493 e. The number of nitrogens with one attached hydrogen (secondary N) is 1. The van der Waals surface area contributed by atoms with Crippen molar-refractivity contribution in [2.45, 2.75) is 25.6 Å². The van der Waals surface area contributed by atoms with Gasteiger partial charge in [-0.2, -0.15) is 4.68 Å². The lowest BCUT2D eigenvalue weighted by Gasteiger charge is -2.26. The number of quaternary nitrogens is 1. The molecule has 2 N–H and O–H groups in total. The number of benzene rings is 1. The first-order chi connectivity index (χ1) is 11.6. The van der Waals surface area contributed by atoms with Crippen LogP contribution in [0.4, 0.5) is 0 Å². The summed E-state index contributed by atoms with van der Waals surface area (Å²) in [6.07, 6.45) is 1.62. The Morgan fingerprint density at radius 1 is 1.38 bits per heavy atom. The normalized spacial score (nSPS) is 20.8. The molecule has 0 bridgehead atoms. The van der Waals surface area contributed by atoms with Crippen molar-refractivity contribution in [3.8, 4) is 23.0 Å². The minimum atomic E-state index is -0.250. The number of hydrogen-bond acceptors (Lipinski definition) is 6. The van der Waals surface area contributed by atoms with Gasteiger partial charge in [0.2, 0.25) is 5.89 Å². The molecule has 1 saturated heterocycles. The van der Waals surface area contributed by atoms with Gasteiger partial charge in [-0.05, 0) is 43.3 Å². The van der Waals surface area contributed by atoms with E-state index in [1.165, 1.54) is 4.90 Å². The Morgan fingerprint density at radius 3 is 2.88 bits per heavy atom. The molecular formula is C16H22N3O4S+. The monoisotopic (exact) mass is 352 g/mol. The zero-order chi connectivity index (χ0) is 17.1. The van der Waals surface area contributed by atoms with Crippen molar-refractivity contribution in [3.05, 3.63) is 23.0 Å². The van der Waals surface area contributed by atoms with E-state index in [0.29, 0.717) is 35.4 Å². The lowest BCUT2D eigenvalue weighted by molar-refractivity contribution is -0.931. The lowest BCUT2D eigenvalue weighted by Crippen LogP contribution is -3.13. The summed E-state index contributed by atoms with van der Waals surface area (Å²) < 4.78 is 17.9. The smallest absolute Gasteiger partial charge is 0.292 e. The maximum Gasteiger partial charge on any atom is 0.292 e. The summed E-state index contributed by atoms with van der Waals surface area (Å²) in [5.41, 5.74) is 0.770. The Labute approximate surface area is 145 Å². The molecule has 2 aromatic rings. The highest BCUT2D eigenvalue weighted by molar-refractivity contribution is 7.71. The van der Waals surface area contributed by atoms with Gasteiger partial charge in [0.25, 0.3) is 4.84 Å². The van der Waals surface area contributed by atoms with Crippen molar-refractivity contribution < 1.29 is 23.9 Å². The van der Waals surface area contributed by atoms with Crippen LogP contribution in [0.1, 0.15) is 12.8 Å². The van der Waals surface area contributed by atoms with E-state index in [4.69, 9.17) is 26.1 Å². The summed E-state index contributed by atoms with van der Waals surface area (Å²) in [5, 5.41) is 14.3. The van der Waals surface area contributed by atoms with E-state index in [0.717, 1.165) is 24.9 Å². The molecule has 0 radical (unpaired) electrons. The van der Waals surface area contributed by atoms with Gasteiger partial charge < -0.3 is 23.9 Å². The van der Waals surface area contributed by atoms with Gasteiger partial charge in [-0.1, -0.05) is 0 Å². The highest BCUT2D eigenvalue weighted by Gasteiger charge is 2.22. The third-order valence-electron chi connectivity index (χ3n) is 4.20. The molecule has 1 aromatic heterocycles. The van der Waals surface area contributed by atoms with Gasteiger partial charge in [0.05, 0.1) is 20.8 Å². The van der Waals surface area contributed by atoms with Gasteiger partial charge in [0.15, 0.2) is 18.2 Å². The minimum absolute atomic E-state index is 0.250. The fourth-order valence-corrected chi connectivity index (χ4v) is 3.16. The average molecular weight is 352 g/mol. The Balaban J connectivity index is 1.82. The Kier molecular flexibility index (Phi) is 5.17. The largest absolute Gasteiger partial charge is 0.493 e. The molecule has 0 spiro atoms. The van der Waals surface area contributed by atoms with Gasteiger partial charge in [0.1, 0.15) is 12.6 Å². The van der Waals surface area contributed by atoms with Gasteiger partial charge in [-0.3, -0.25) is 0 Å². The third kappa shape index (κ3) is 3.61. The number of piperidine rings is 1. The fourth-order valence-electron chi connectivity index (χ4n) is 2.97. The number of hydrogen-bond donors (Lipinski definition) is 2. The number of methoxy groups -OCH3 is 2. The number of aliphatic hydroxyl groups excluding tert-OH is 1. The summed E-state index contributed by atoms with van der Waals surface area (Å²) in [6, 6.07) is 5.46. The van der Waals surface area contributed by atoms with Crippen molar-refractivity contribution in [2.75, 3.05) is 27.3 Å². The van der Waals surface area contributed by atoms with Gasteiger partial charge in [-0.15, -0.1) is 5.10 Å². The number of aliphatic hydroxyl groups is 1. The molecule has 0 aliphatic carbocycles. The van der Waals surface area contributed by atoms with Crippen LogP contribution >= 0.6 is 12.2 Å². The van der Waals surface area contributed by atoms with Gasteiger partial charge in [-0.25, -0.2) is 0 Å². The number of nitrogens with zero attached hydrogens (tertiary/aromatic N) is 2. The molecule has 1 fully saturated rings. The quantitative estimate of drug-likeness (QED) is 0.779. The molecule has 7 nitrogen and oxygen atoms in total. The number of rotatable bonds is 5. The van der Waals surface area contributed by atoms with Crippen molar-refractivity contribution >= 4 is 12.2 Å². The molecule has 3 rings (SSSR count). The SMILES string of the molecule is COc1ccc(-c2nn(C[NH+]3CCC[C@@H](O)C3)c(=S)o2)cc1OC. The second-order valence-corrected chi connectivity index (χ2v) is 6.25. The number of ether oxygens (including phenoxy) is 2. The maximum atomic E-state index is 9.79. The molecule has 2 atom stereocenters. The summed E-state index contributed by atoms with van der Waals surface area (Å²) in [4.78, 5) is 1.57. The molecule has 130 valence electrons. The summed E-state index contributed by atoms with van der Waals surface area (Å²) in [6.45, 7) is 2.30. The topological polar surface area (TPSA) is 74.1 Å². The molecule has 1 aliphatic heterocycles. The van der Waals surface area contributed by atoms with Gasteiger partial charge in [0, 0.05) is 5.56 Å². The molecule has 24 heavy (non-hydrogen) atoms. The molecule has 1 aliphatic rings. The Bertz CT molecular complexity index is 758. The predicted octanol–water partition coefficient (Wildman–Crippen LogP) is 0.887. The van der Waals surface area contributed by atoms with E-state index in [-0.39, 0.29) is 6.10 Å². The van der Waals surface area contributed by atoms with E-state index < -0.39 is 0 Å². The number of aromatic nitrogens is 2. The predicted molar refractivity (Wildman–Crippen MR) is 89.8 cm³/mol. The fraction of sp³-hybridized carbons (Fsp3) is 0.500. The van der Waals surface area contributed by atoms with Crippen LogP contribution in [-0.4, -0.2) is 48.3 Å². The van der Waals surface area contributed by atoms with E-state index in [9.17, 15) is 5.11 Å². The first-order valence-electron chi connectivity index (χ1n) is 7.92. The highest BCUT2D eigenvalue weighted by Crippen LogP contribution is 2.31. The first kappa shape index (κ1) is 16.9. The van der Waals surface area contributed by atoms with Gasteiger partial charge >= 0.3 is 0 Å². The average Bonchev–Trinajstić information content (AvgIpc) is 2.95. The van der Waals surface area contributed by atoms with Crippen LogP contribution in [0, 0.1) is 4.84 Å². The summed E-state index contributed by atoms with van der Waals surface area (Å²) in [7, 11) is 3.18. The second-order valence-electron chi connectivity index (χ2n) is 5.90. The van der Waals surface area contributed by atoms with E-state index >= 15 is 0 Å². The van der Waals surface area contributed by atoms with Crippen LogP contribution in [0.3, 0.4) is 0 Å². The molecule has 2 heterocycles. The van der Waals surface area contributed by atoms with Crippen molar-refractivity contribution in [2.24, 2.45) is 0 Å². The first-order valence-corrected chi connectivity index (χ1v) is 8.33. The molecule has 0 amide bonds. The van der Waals surface area contributed by atoms with E-state index in [2.05, 4.69) is 5.10 Å². The summed E-state index contributed by atoms with van der Waals surface area (Å²) in [5.74, 6) is 1.69. The van der Waals surface area contributed by atoms with Crippen molar-refractivity contribution in [1.82, 2.24) is 9.78 Å². The van der Waals surface area contributed by atoms with Crippen molar-refractivity contribution in [1.29, 1.82) is 0 Å². The van der Waals surface area contributed by atoms with Crippen LogP contribution in [-0.2, 0) is 6.67 Å². The van der Waals surface area contributed by atoms with Crippen LogP contribution in [0.5, 0.6) is 11.5 Å². The Morgan fingerprint density at radius 2 is 2.17 bits per heavy atom. The van der Waals surface area contributed by atoms with Crippen LogP contribution in [0.2, 0.25) is 0 Å². The van der Waals surface area contributed by atoms with E-state index in [1.54, 1.807) is 31.0 Å². The third-order valence-corrected chi connectivity index (χ3v) is 4.50. The highest BCUT2D eigenvalue weighted by atomic mass is 32.1. The molecule has 8 heteroatoms. The van der Waals surface area contributed by atoms with E-state index in [1.807, 2.05) is 6.07 Å². The van der Waals surface area contributed by atoms with Crippen LogP contribution < -0.4 is 14.4 Å². The lowest BCUT2D eigenvalue weighted by atomic mass is 10.1.